The Morgan fingerprint density at radius 3 is 2.44 bits per heavy atom. The third-order valence-corrected chi connectivity index (χ3v) is 4.52. The molecule has 0 N–H and O–H groups in total. The molecule has 2 nitrogen and oxygen atoms in total. The van der Waals surface area contributed by atoms with Crippen LogP contribution in [0.2, 0.25) is 0 Å². The van der Waals surface area contributed by atoms with Gasteiger partial charge in [0.05, 0.1) is 17.2 Å². The molecule has 0 saturated heterocycles. The summed E-state index contributed by atoms with van der Waals surface area (Å²) in [4.78, 5) is 3.94. The molecule has 92 valence electrons. The van der Waals surface area contributed by atoms with Crippen LogP contribution in [0.15, 0.2) is 10.6 Å². The van der Waals surface area contributed by atoms with Crippen LogP contribution in [0.3, 0.4) is 0 Å². The summed E-state index contributed by atoms with van der Waals surface area (Å²) in [6.45, 7) is 14.4. The first-order valence-corrected chi connectivity index (χ1v) is 7.06. The molecule has 0 unspecified atom stereocenters. The van der Waals surface area contributed by atoms with E-state index in [9.17, 15) is 0 Å². The summed E-state index contributed by atoms with van der Waals surface area (Å²) in [6.07, 6.45) is 0. The normalized spacial score (nSPS) is 26.8. The van der Waals surface area contributed by atoms with Crippen molar-refractivity contribution in [2.45, 2.75) is 52.7 Å². The Hall–Kier alpha value is -0.150. The Kier molecular flexibility index (Phi) is 2.83. The lowest BCUT2D eigenvalue weighted by Gasteiger charge is -2.34. The summed E-state index contributed by atoms with van der Waals surface area (Å²) >= 11 is 1.95. The van der Waals surface area contributed by atoms with Crippen molar-refractivity contribution in [2.24, 2.45) is 5.92 Å². The van der Waals surface area contributed by atoms with Crippen LogP contribution < -0.4 is 0 Å². The molecule has 2 aliphatic rings. The molecule has 0 spiro atoms. The molecule has 0 fully saturated rings. The monoisotopic (exact) mass is 241 g/mol. The van der Waals surface area contributed by atoms with Crippen molar-refractivity contribution < 1.29 is 4.74 Å². The lowest BCUT2D eigenvalue weighted by molar-refractivity contribution is -0.0627. The van der Waals surface area contributed by atoms with Gasteiger partial charge in [0.25, 0.3) is 0 Å². The number of hydrogen-bond donors (Lipinski definition) is 0. The van der Waals surface area contributed by atoms with Gasteiger partial charge in [0, 0.05) is 11.4 Å². The quantitative estimate of drug-likeness (QED) is 0.735. The molecule has 3 heteroatoms. The Balaban J connectivity index is 2.31. The van der Waals surface area contributed by atoms with Crippen molar-refractivity contribution in [3.8, 4) is 0 Å². The fourth-order valence-electron chi connectivity index (χ4n) is 2.85. The van der Waals surface area contributed by atoms with Gasteiger partial charge in [-0.2, -0.15) is 0 Å². The number of rotatable bonds is 2. The fourth-order valence-corrected chi connectivity index (χ4v) is 4.27. The lowest BCUT2D eigenvalue weighted by Crippen LogP contribution is -2.37. The number of nitrogens with zero attached hydrogens (tertiary/aromatic N) is 1. The van der Waals surface area contributed by atoms with Gasteiger partial charge < -0.3 is 9.64 Å². The summed E-state index contributed by atoms with van der Waals surface area (Å²) in [6, 6.07) is 0. The lowest BCUT2D eigenvalue weighted by atomic mass is 10.0. The first-order valence-electron chi connectivity index (χ1n) is 6.07. The zero-order valence-electron chi connectivity index (χ0n) is 11.3. The van der Waals surface area contributed by atoms with E-state index in [0.717, 1.165) is 12.4 Å². The van der Waals surface area contributed by atoms with Crippen LogP contribution in [-0.2, 0) is 4.74 Å². The molecule has 16 heavy (non-hydrogen) atoms. The molecule has 0 aromatic heterocycles. The topological polar surface area (TPSA) is 12.5 Å². The van der Waals surface area contributed by atoms with Crippen LogP contribution in [0.25, 0.3) is 0 Å². The SMILES string of the molecule is CC(C)CN1CSC2=C1C(C)(C)OC2(C)C. The average Bonchev–Trinajstić information content (AvgIpc) is 2.51. The minimum atomic E-state index is -0.128. The van der Waals surface area contributed by atoms with Crippen LogP contribution >= 0.6 is 11.8 Å². The zero-order valence-corrected chi connectivity index (χ0v) is 12.1. The van der Waals surface area contributed by atoms with Crippen LogP contribution in [0.4, 0.5) is 0 Å². The smallest absolute Gasteiger partial charge is 0.104 e. The summed E-state index contributed by atoms with van der Waals surface area (Å²) in [5, 5.41) is 0. The maximum Gasteiger partial charge on any atom is 0.104 e. The second-order valence-electron chi connectivity index (χ2n) is 6.19. The molecule has 0 saturated carbocycles. The largest absolute Gasteiger partial charge is 0.362 e. The summed E-state index contributed by atoms with van der Waals surface area (Å²) in [5.74, 6) is 1.80. The number of ether oxygens (including phenoxy) is 1. The highest BCUT2D eigenvalue weighted by molar-refractivity contribution is 8.03. The van der Waals surface area contributed by atoms with E-state index < -0.39 is 0 Å². The van der Waals surface area contributed by atoms with Gasteiger partial charge in [0.15, 0.2) is 0 Å². The molecule has 2 aliphatic heterocycles. The standard InChI is InChI=1S/C13H23NOS/c1-9(2)7-14-8-16-11-10(14)12(3,4)15-13(11,5)6/h9H,7-8H2,1-6H3. The van der Waals surface area contributed by atoms with E-state index in [0.29, 0.717) is 5.92 Å². The van der Waals surface area contributed by atoms with Crippen molar-refractivity contribution >= 4 is 11.8 Å². The molecule has 0 amide bonds. The predicted molar refractivity (Wildman–Crippen MR) is 70.3 cm³/mol. The molecule has 0 atom stereocenters. The molecule has 0 aliphatic carbocycles. The second-order valence-corrected chi connectivity index (χ2v) is 7.15. The van der Waals surface area contributed by atoms with Gasteiger partial charge in [-0.25, -0.2) is 0 Å². The van der Waals surface area contributed by atoms with Crippen molar-refractivity contribution in [1.82, 2.24) is 4.90 Å². The van der Waals surface area contributed by atoms with Gasteiger partial charge in [-0.3, -0.25) is 0 Å². The van der Waals surface area contributed by atoms with Gasteiger partial charge in [0.2, 0.25) is 0 Å². The zero-order chi connectivity index (χ0) is 12.1. The first-order chi connectivity index (χ1) is 7.24. The Morgan fingerprint density at radius 1 is 1.25 bits per heavy atom. The van der Waals surface area contributed by atoms with Crippen molar-refractivity contribution in [3.05, 3.63) is 10.6 Å². The molecule has 0 bridgehead atoms. The summed E-state index contributed by atoms with van der Waals surface area (Å²) in [7, 11) is 0. The highest BCUT2D eigenvalue weighted by Gasteiger charge is 2.50. The van der Waals surface area contributed by atoms with E-state index in [1.807, 2.05) is 11.8 Å². The third kappa shape index (κ3) is 1.88. The van der Waals surface area contributed by atoms with E-state index in [-0.39, 0.29) is 11.2 Å². The molecule has 2 rings (SSSR count). The van der Waals surface area contributed by atoms with Gasteiger partial charge >= 0.3 is 0 Å². The average molecular weight is 241 g/mol. The highest BCUT2D eigenvalue weighted by Crippen LogP contribution is 2.52. The molecule has 0 aromatic carbocycles. The van der Waals surface area contributed by atoms with Crippen molar-refractivity contribution in [1.29, 1.82) is 0 Å². The molecule has 2 heterocycles. The molecule has 0 aromatic rings. The van der Waals surface area contributed by atoms with Gasteiger partial charge in [0.1, 0.15) is 5.60 Å². The van der Waals surface area contributed by atoms with E-state index in [1.165, 1.54) is 10.6 Å². The first kappa shape index (κ1) is 12.3. The minimum Gasteiger partial charge on any atom is -0.362 e. The van der Waals surface area contributed by atoms with Crippen LogP contribution in [0.1, 0.15) is 41.5 Å². The summed E-state index contributed by atoms with van der Waals surface area (Å²) in [5.41, 5.74) is 1.20. The van der Waals surface area contributed by atoms with Gasteiger partial charge in [-0.1, -0.05) is 13.8 Å². The Bertz CT molecular complexity index is 331. The predicted octanol–water partition coefficient (Wildman–Crippen LogP) is 3.45. The van der Waals surface area contributed by atoms with E-state index in [1.54, 1.807) is 0 Å². The highest BCUT2D eigenvalue weighted by atomic mass is 32.2. The van der Waals surface area contributed by atoms with Crippen LogP contribution in [-0.4, -0.2) is 28.5 Å². The summed E-state index contributed by atoms with van der Waals surface area (Å²) < 4.78 is 6.18. The van der Waals surface area contributed by atoms with E-state index >= 15 is 0 Å². The molecular weight excluding hydrogens is 218 g/mol. The van der Waals surface area contributed by atoms with Crippen LogP contribution in [0.5, 0.6) is 0 Å². The van der Waals surface area contributed by atoms with Gasteiger partial charge in [-0.15, -0.1) is 11.8 Å². The third-order valence-electron chi connectivity index (χ3n) is 3.11. The van der Waals surface area contributed by atoms with Crippen molar-refractivity contribution in [2.75, 3.05) is 12.4 Å². The molecule has 0 radical (unpaired) electrons. The maximum absolute atomic E-state index is 6.18. The van der Waals surface area contributed by atoms with Crippen LogP contribution in [0, 0.1) is 5.92 Å². The Morgan fingerprint density at radius 2 is 1.88 bits per heavy atom. The fraction of sp³-hybridized carbons (Fsp3) is 0.846. The number of hydrogen-bond acceptors (Lipinski definition) is 3. The second kappa shape index (κ2) is 3.67. The van der Waals surface area contributed by atoms with E-state index in [2.05, 4.69) is 46.4 Å². The minimum absolute atomic E-state index is 0.102. The van der Waals surface area contributed by atoms with E-state index in [4.69, 9.17) is 4.74 Å². The van der Waals surface area contributed by atoms with Crippen molar-refractivity contribution in [3.63, 3.8) is 0 Å². The maximum atomic E-state index is 6.18. The molecular formula is C13H23NOS. The van der Waals surface area contributed by atoms with Gasteiger partial charge in [-0.05, 0) is 33.6 Å². The Labute approximate surface area is 103 Å². The number of thioether (sulfide) groups is 1.